The molecule has 2 heteroatoms. The van der Waals surface area contributed by atoms with Gasteiger partial charge in [-0.05, 0) is 88.0 Å². The lowest BCUT2D eigenvalue weighted by molar-refractivity contribution is 1.38. The monoisotopic (exact) mass is 664 g/mol. The summed E-state index contributed by atoms with van der Waals surface area (Å²) < 4.78 is 0. The van der Waals surface area contributed by atoms with Crippen molar-refractivity contribution in [3.05, 3.63) is 204 Å². The van der Waals surface area contributed by atoms with Crippen LogP contribution in [0.2, 0.25) is 0 Å². The van der Waals surface area contributed by atoms with Crippen molar-refractivity contribution < 1.29 is 0 Å². The Kier molecular flexibility index (Phi) is 7.98. The maximum atomic E-state index is 5.67. The van der Waals surface area contributed by atoms with Gasteiger partial charge in [0.05, 0.1) is 22.8 Å². The zero-order chi connectivity index (χ0) is 35.0. The van der Waals surface area contributed by atoms with Crippen LogP contribution in [0, 0.1) is 13.8 Å². The molecule has 0 fully saturated rings. The molecule has 246 valence electrons. The van der Waals surface area contributed by atoms with E-state index >= 15 is 0 Å². The van der Waals surface area contributed by atoms with Gasteiger partial charge in [0, 0.05) is 27.6 Å². The molecule has 8 aromatic rings. The Morgan fingerprint density at radius 2 is 0.673 bits per heavy atom. The van der Waals surface area contributed by atoms with Crippen LogP contribution in [-0.4, -0.2) is 11.4 Å². The molecule has 2 nitrogen and oxygen atoms in total. The minimum absolute atomic E-state index is 0.894. The van der Waals surface area contributed by atoms with Gasteiger partial charge >= 0.3 is 0 Å². The zero-order valence-corrected chi connectivity index (χ0v) is 29.2. The van der Waals surface area contributed by atoms with E-state index in [1.54, 1.807) is 0 Å². The first kappa shape index (κ1) is 31.3. The van der Waals surface area contributed by atoms with E-state index in [0.717, 1.165) is 67.3 Å². The predicted molar refractivity (Wildman–Crippen MR) is 220 cm³/mol. The number of benzene rings is 8. The largest absolute Gasteiger partial charge is 0.245 e. The van der Waals surface area contributed by atoms with Crippen molar-refractivity contribution in [1.29, 1.82) is 0 Å². The van der Waals surface area contributed by atoms with Crippen LogP contribution in [0.15, 0.2) is 192 Å². The highest BCUT2D eigenvalue weighted by Crippen LogP contribution is 2.43. The molecule has 1 aliphatic rings. The molecule has 0 bridgehead atoms. The van der Waals surface area contributed by atoms with Crippen molar-refractivity contribution in [2.24, 2.45) is 9.98 Å². The SMILES string of the molecule is Cc1cc(-c2ccccc2)cc(-c2ccccc2)c1N=C1C(=Nc2c(C)cc(-c3ccccc3)cc2-c2ccccc2)c2cccc3cccc1c23. The van der Waals surface area contributed by atoms with Crippen molar-refractivity contribution >= 4 is 33.6 Å². The highest BCUT2D eigenvalue weighted by atomic mass is 14.8. The molecule has 0 saturated carbocycles. The van der Waals surface area contributed by atoms with Crippen LogP contribution in [-0.2, 0) is 0 Å². The highest BCUT2D eigenvalue weighted by Gasteiger charge is 2.29. The number of aryl methyl sites for hydroxylation is 2. The molecule has 0 N–H and O–H groups in total. The first-order chi connectivity index (χ1) is 25.6. The quantitative estimate of drug-likeness (QED) is 0.169. The van der Waals surface area contributed by atoms with E-state index in [4.69, 9.17) is 9.98 Å². The third kappa shape index (κ3) is 5.65. The normalized spacial score (nSPS) is 13.7. The molecule has 0 saturated heterocycles. The van der Waals surface area contributed by atoms with Crippen LogP contribution in [0.5, 0.6) is 0 Å². The van der Waals surface area contributed by atoms with Gasteiger partial charge in [-0.1, -0.05) is 158 Å². The van der Waals surface area contributed by atoms with E-state index in [-0.39, 0.29) is 0 Å². The van der Waals surface area contributed by atoms with Crippen LogP contribution in [0.3, 0.4) is 0 Å². The van der Waals surface area contributed by atoms with Crippen molar-refractivity contribution in [1.82, 2.24) is 0 Å². The van der Waals surface area contributed by atoms with Gasteiger partial charge in [0.1, 0.15) is 0 Å². The Morgan fingerprint density at radius 1 is 0.308 bits per heavy atom. The summed E-state index contributed by atoms with van der Waals surface area (Å²) in [5.74, 6) is 0. The molecule has 0 unspecified atom stereocenters. The standard InChI is InChI=1S/C50H36N2/c1-33-29-40(35-17-7-3-8-18-35)31-44(37-21-11-5-12-22-37)47(33)51-49-42-27-15-25-39-26-16-28-43(46(39)42)50(49)52-48-34(2)30-41(36-19-9-4-10-20-36)32-45(48)38-23-13-6-14-24-38/h3-32H,1-2H3. The van der Waals surface area contributed by atoms with E-state index < -0.39 is 0 Å². The van der Waals surface area contributed by atoms with Gasteiger partial charge in [0.25, 0.3) is 0 Å². The van der Waals surface area contributed by atoms with Crippen LogP contribution in [0.1, 0.15) is 22.3 Å². The molecule has 0 radical (unpaired) electrons. The number of hydrogen-bond acceptors (Lipinski definition) is 2. The molecule has 0 heterocycles. The summed E-state index contributed by atoms with van der Waals surface area (Å²) in [7, 11) is 0. The maximum Gasteiger partial charge on any atom is 0.0979 e. The fourth-order valence-electron chi connectivity index (χ4n) is 7.57. The Hall–Kier alpha value is -6.64. The molecule has 52 heavy (non-hydrogen) atoms. The van der Waals surface area contributed by atoms with E-state index in [1.807, 2.05) is 0 Å². The average Bonchev–Trinajstić information content (AvgIpc) is 3.50. The Balaban J connectivity index is 1.31. The number of hydrogen-bond donors (Lipinski definition) is 0. The van der Waals surface area contributed by atoms with E-state index in [0.29, 0.717) is 0 Å². The minimum Gasteiger partial charge on any atom is -0.245 e. The molecule has 0 amide bonds. The molecule has 0 spiro atoms. The van der Waals surface area contributed by atoms with Gasteiger partial charge in [-0.2, -0.15) is 0 Å². The third-order valence-corrected chi connectivity index (χ3v) is 10.1. The second kappa shape index (κ2) is 13.2. The molecule has 0 aromatic heterocycles. The summed E-state index contributed by atoms with van der Waals surface area (Å²) in [5.41, 5.74) is 17.3. The molecular formula is C50H36N2. The van der Waals surface area contributed by atoms with Gasteiger partial charge in [0.2, 0.25) is 0 Å². The lowest BCUT2D eigenvalue weighted by Crippen LogP contribution is -2.11. The third-order valence-electron chi connectivity index (χ3n) is 10.1. The fraction of sp³-hybridized carbons (Fsp3) is 0.0400. The summed E-state index contributed by atoms with van der Waals surface area (Å²) in [6.07, 6.45) is 0. The summed E-state index contributed by atoms with van der Waals surface area (Å²) >= 11 is 0. The highest BCUT2D eigenvalue weighted by molar-refractivity contribution is 6.61. The van der Waals surface area contributed by atoms with E-state index in [1.165, 1.54) is 33.0 Å². The average molecular weight is 665 g/mol. The maximum absolute atomic E-state index is 5.67. The van der Waals surface area contributed by atoms with Crippen LogP contribution < -0.4 is 0 Å². The number of nitrogens with zero attached hydrogens (tertiary/aromatic N) is 2. The first-order valence-electron chi connectivity index (χ1n) is 17.8. The Labute approximate surface area is 305 Å². The zero-order valence-electron chi connectivity index (χ0n) is 29.2. The Morgan fingerprint density at radius 3 is 1.06 bits per heavy atom. The molecule has 0 atom stereocenters. The van der Waals surface area contributed by atoms with Gasteiger partial charge in [-0.3, -0.25) is 0 Å². The second-order valence-electron chi connectivity index (χ2n) is 13.5. The van der Waals surface area contributed by atoms with Crippen LogP contribution in [0.4, 0.5) is 11.4 Å². The molecule has 9 rings (SSSR count). The second-order valence-corrected chi connectivity index (χ2v) is 13.5. The van der Waals surface area contributed by atoms with Gasteiger partial charge < -0.3 is 0 Å². The topological polar surface area (TPSA) is 24.7 Å². The summed E-state index contributed by atoms with van der Waals surface area (Å²) in [4.78, 5) is 11.3. The van der Waals surface area contributed by atoms with E-state index in [9.17, 15) is 0 Å². The number of aliphatic imine (C=N–C) groups is 2. The lowest BCUT2D eigenvalue weighted by atomic mass is 9.94. The molecule has 8 aromatic carbocycles. The lowest BCUT2D eigenvalue weighted by Gasteiger charge is -2.16. The van der Waals surface area contributed by atoms with Gasteiger partial charge in [-0.25, -0.2) is 9.98 Å². The van der Waals surface area contributed by atoms with Crippen molar-refractivity contribution in [3.63, 3.8) is 0 Å². The fourth-order valence-corrected chi connectivity index (χ4v) is 7.57. The Bertz CT molecular complexity index is 2470. The summed E-state index contributed by atoms with van der Waals surface area (Å²) in [6, 6.07) is 64.6. The summed E-state index contributed by atoms with van der Waals surface area (Å²) in [5, 5.41) is 2.38. The molecule has 1 aliphatic carbocycles. The van der Waals surface area contributed by atoms with Crippen molar-refractivity contribution in [3.8, 4) is 44.5 Å². The van der Waals surface area contributed by atoms with Crippen molar-refractivity contribution in [2.45, 2.75) is 13.8 Å². The smallest absolute Gasteiger partial charge is 0.0979 e. The van der Waals surface area contributed by atoms with Gasteiger partial charge in [-0.15, -0.1) is 0 Å². The van der Waals surface area contributed by atoms with E-state index in [2.05, 4.69) is 196 Å². The molecular weight excluding hydrogens is 629 g/mol. The molecule has 0 aliphatic heterocycles. The van der Waals surface area contributed by atoms with Crippen LogP contribution in [0.25, 0.3) is 55.3 Å². The minimum atomic E-state index is 0.894. The number of rotatable bonds is 6. The van der Waals surface area contributed by atoms with Crippen molar-refractivity contribution in [2.75, 3.05) is 0 Å². The first-order valence-corrected chi connectivity index (χ1v) is 17.8. The predicted octanol–water partition coefficient (Wildman–Crippen LogP) is 13.4. The summed E-state index contributed by atoms with van der Waals surface area (Å²) in [6.45, 7) is 4.36. The van der Waals surface area contributed by atoms with Gasteiger partial charge in [0.15, 0.2) is 0 Å². The van der Waals surface area contributed by atoms with Crippen LogP contribution >= 0.6 is 0 Å².